The minimum Gasteiger partial charge on any atom is -0.494 e. The van der Waals surface area contributed by atoms with Gasteiger partial charge in [0.2, 0.25) is 0 Å². The van der Waals surface area contributed by atoms with Crippen LogP contribution >= 0.6 is 11.3 Å². The summed E-state index contributed by atoms with van der Waals surface area (Å²) in [6.07, 6.45) is 5.27. The van der Waals surface area contributed by atoms with E-state index < -0.39 is 5.97 Å². The van der Waals surface area contributed by atoms with Crippen LogP contribution in [0.25, 0.3) is 10.6 Å². The fourth-order valence-corrected chi connectivity index (χ4v) is 2.61. The van der Waals surface area contributed by atoms with Gasteiger partial charge in [0.05, 0.1) is 6.61 Å². The molecule has 2 rings (SSSR count). The SMILES string of the molecule is C#CCC(C)OC(=O)c1csc(-c2ccc(OCC)cc2)n1. The molecule has 1 aromatic heterocycles. The molecule has 1 aromatic carbocycles. The summed E-state index contributed by atoms with van der Waals surface area (Å²) in [6, 6.07) is 7.60. The summed E-state index contributed by atoms with van der Waals surface area (Å²) in [5.41, 5.74) is 1.24. The molecule has 0 N–H and O–H groups in total. The molecule has 0 saturated carbocycles. The topological polar surface area (TPSA) is 48.4 Å². The molecule has 0 aliphatic rings. The third-order valence-electron chi connectivity index (χ3n) is 2.84. The van der Waals surface area contributed by atoms with Gasteiger partial charge in [0.15, 0.2) is 5.69 Å². The van der Waals surface area contributed by atoms with Gasteiger partial charge in [-0.05, 0) is 38.1 Å². The third-order valence-corrected chi connectivity index (χ3v) is 3.73. The van der Waals surface area contributed by atoms with Crippen LogP contribution in [0.5, 0.6) is 5.75 Å². The molecule has 2 aromatic rings. The largest absolute Gasteiger partial charge is 0.494 e. The van der Waals surface area contributed by atoms with Gasteiger partial charge in [-0.3, -0.25) is 0 Å². The number of nitrogens with zero attached hydrogens (tertiary/aromatic N) is 1. The Bertz CT molecular complexity index is 670. The molecule has 4 nitrogen and oxygen atoms in total. The Balaban J connectivity index is 2.07. The standard InChI is InChI=1S/C17H17NO3S/c1-4-6-12(3)21-17(19)15-11-22-16(18-15)13-7-9-14(10-8-13)20-5-2/h1,7-12H,5-6H2,2-3H3. The van der Waals surface area contributed by atoms with Crippen molar-refractivity contribution in [2.24, 2.45) is 0 Å². The van der Waals surface area contributed by atoms with Crippen LogP contribution in [0.4, 0.5) is 0 Å². The van der Waals surface area contributed by atoms with E-state index in [2.05, 4.69) is 10.9 Å². The molecule has 0 radical (unpaired) electrons. The second-order valence-electron chi connectivity index (χ2n) is 4.62. The second kappa shape index (κ2) is 7.62. The molecule has 5 heteroatoms. The Hall–Kier alpha value is -2.32. The van der Waals surface area contributed by atoms with Crippen molar-refractivity contribution in [2.75, 3.05) is 6.61 Å². The number of benzene rings is 1. The van der Waals surface area contributed by atoms with Gasteiger partial charge in [0.1, 0.15) is 16.9 Å². The lowest BCUT2D eigenvalue weighted by atomic mass is 10.2. The average molecular weight is 315 g/mol. The predicted octanol–water partition coefficient (Wildman–Crippen LogP) is 3.78. The van der Waals surface area contributed by atoms with Crippen LogP contribution in [-0.2, 0) is 4.74 Å². The summed E-state index contributed by atoms with van der Waals surface area (Å²) >= 11 is 1.40. The molecular weight excluding hydrogens is 298 g/mol. The van der Waals surface area contributed by atoms with Crippen LogP contribution in [0.1, 0.15) is 30.8 Å². The first kappa shape index (κ1) is 16.1. The van der Waals surface area contributed by atoms with Gasteiger partial charge >= 0.3 is 5.97 Å². The molecule has 0 aliphatic carbocycles. The molecule has 0 saturated heterocycles. The summed E-state index contributed by atoms with van der Waals surface area (Å²) < 4.78 is 10.6. The lowest BCUT2D eigenvalue weighted by Gasteiger charge is -2.08. The smallest absolute Gasteiger partial charge is 0.358 e. The number of thiazole rings is 1. The molecule has 0 bridgehead atoms. The highest BCUT2D eigenvalue weighted by Gasteiger charge is 2.15. The molecule has 1 heterocycles. The molecule has 0 fully saturated rings. The highest BCUT2D eigenvalue weighted by atomic mass is 32.1. The number of hydrogen-bond donors (Lipinski definition) is 0. The first-order valence-electron chi connectivity index (χ1n) is 6.97. The van der Waals surface area contributed by atoms with Gasteiger partial charge in [0, 0.05) is 17.4 Å². The first-order valence-corrected chi connectivity index (χ1v) is 7.85. The number of ether oxygens (including phenoxy) is 2. The van der Waals surface area contributed by atoms with E-state index in [-0.39, 0.29) is 6.10 Å². The van der Waals surface area contributed by atoms with E-state index in [9.17, 15) is 4.79 Å². The first-order chi connectivity index (χ1) is 10.6. The van der Waals surface area contributed by atoms with Crippen molar-refractivity contribution in [3.05, 3.63) is 35.3 Å². The van der Waals surface area contributed by atoms with Crippen LogP contribution < -0.4 is 4.74 Å². The Kier molecular flexibility index (Phi) is 5.56. The lowest BCUT2D eigenvalue weighted by molar-refractivity contribution is 0.0346. The van der Waals surface area contributed by atoms with Gasteiger partial charge < -0.3 is 9.47 Å². The van der Waals surface area contributed by atoms with E-state index >= 15 is 0 Å². The minimum atomic E-state index is -0.448. The average Bonchev–Trinajstić information content (AvgIpc) is 2.98. The molecule has 0 amide bonds. The van der Waals surface area contributed by atoms with Crippen LogP contribution in [0.2, 0.25) is 0 Å². The van der Waals surface area contributed by atoms with Crippen molar-refractivity contribution in [3.8, 4) is 28.7 Å². The number of esters is 1. The monoisotopic (exact) mass is 315 g/mol. The second-order valence-corrected chi connectivity index (χ2v) is 5.48. The summed E-state index contributed by atoms with van der Waals surface area (Å²) in [4.78, 5) is 16.3. The molecular formula is C17H17NO3S. The van der Waals surface area contributed by atoms with Crippen molar-refractivity contribution in [1.29, 1.82) is 0 Å². The van der Waals surface area contributed by atoms with Crippen LogP contribution in [0.15, 0.2) is 29.6 Å². The van der Waals surface area contributed by atoms with E-state index in [4.69, 9.17) is 15.9 Å². The normalized spacial score (nSPS) is 11.5. The van der Waals surface area contributed by atoms with Gasteiger partial charge in [-0.25, -0.2) is 9.78 Å². The predicted molar refractivity (Wildman–Crippen MR) is 87.0 cm³/mol. The highest BCUT2D eigenvalue weighted by molar-refractivity contribution is 7.13. The number of terminal acetylenes is 1. The molecule has 0 spiro atoms. The molecule has 1 unspecified atom stereocenters. The Morgan fingerprint density at radius 3 is 2.77 bits per heavy atom. The van der Waals surface area contributed by atoms with Crippen molar-refractivity contribution in [3.63, 3.8) is 0 Å². The van der Waals surface area contributed by atoms with Gasteiger partial charge in [-0.2, -0.15) is 0 Å². The zero-order valence-corrected chi connectivity index (χ0v) is 13.4. The number of hydrogen-bond acceptors (Lipinski definition) is 5. The maximum atomic E-state index is 11.9. The van der Waals surface area contributed by atoms with Crippen molar-refractivity contribution < 1.29 is 14.3 Å². The molecule has 114 valence electrons. The van der Waals surface area contributed by atoms with E-state index in [1.165, 1.54) is 11.3 Å². The Morgan fingerprint density at radius 2 is 2.14 bits per heavy atom. The fourth-order valence-electron chi connectivity index (χ4n) is 1.81. The van der Waals surface area contributed by atoms with Gasteiger partial charge in [-0.1, -0.05) is 0 Å². The van der Waals surface area contributed by atoms with Gasteiger partial charge in [-0.15, -0.1) is 23.7 Å². The van der Waals surface area contributed by atoms with Gasteiger partial charge in [0.25, 0.3) is 0 Å². The zero-order chi connectivity index (χ0) is 15.9. The summed E-state index contributed by atoms with van der Waals surface area (Å²) in [7, 11) is 0. The Labute approximate surface area is 134 Å². The zero-order valence-electron chi connectivity index (χ0n) is 12.5. The quantitative estimate of drug-likeness (QED) is 0.601. The third kappa shape index (κ3) is 4.09. The molecule has 22 heavy (non-hydrogen) atoms. The number of rotatable bonds is 6. The van der Waals surface area contributed by atoms with Crippen molar-refractivity contribution in [2.45, 2.75) is 26.4 Å². The van der Waals surface area contributed by atoms with E-state index in [1.807, 2.05) is 31.2 Å². The van der Waals surface area contributed by atoms with Crippen LogP contribution in [-0.4, -0.2) is 23.7 Å². The number of aromatic nitrogens is 1. The summed E-state index contributed by atoms with van der Waals surface area (Å²) in [5, 5.41) is 2.45. The number of carbonyl (C=O) groups is 1. The Morgan fingerprint density at radius 1 is 1.41 bits per heavy atom. The fraction of sp³-hybridized carbons (Fsp3) is 0.294. The lowest BCUT2D eigenvalue weighted by Crippen LogP contribution is -2.14. The van der Waals surface area contributed by atoms with Crippen molar-refractivity contribution >= 4 is 17.3 Å². The molecule has 0 aliphatic heterocycles. The highest BCUT2D eigenvalue weighted by Crippen LogP contribution is 2.26. The summed E-state index contributed by atoms with van der Waals surface area (Å²) in [6.45, 7) is 4.33. The van der Waals surface area contributed by atoms with Crippen molar-refractivity contribution in [1.82, 2.24) is 4.98 Å². The van der Waals surface area contributed by atoms with E-state index in [0.29, 0.717) is 18.7 Å². The maximum Gasteiger partial charge on any atom is 0.358 e. The van der Waals surface area contributed by atoms with Crippen LogP contribution in [0, 0.1) is 12.3 Å². The van der Waals surface area contributed by atoms with Crippen LogP contribution in [0.3, 0.4) is 0 Å². The summed E-state index contributed by atoms with van der Waals surface area (Å²) in [5.74, 6) is 2.83. The van der Waals surface area contributed by atoms with E-state index in [1.54, 1.807) is 12.3 Å². The number of carbonyl (C=O) groups excluding carboxylic acids is 1. The molecule has 1 atom stereocenters. The van der Waals surface area contributed by atoms with E-state index in [0.717, 1.165) is 16.3 Å². The minimum absolute atomic E-state index is 0.303. The maximum absolute atomic E-state index is 11.9.